The Morgan fingerprint density at radius 3 is 2.55 bits per heavy atom. The number of hydrogen-bond donors (Lipinski definition) is 0. The number of carbonyl (C=O) groups is 1. The molecule has 0 aliphatic rings. The smallest absolute Gasteiger partial charge is 0.355 e. The van der Waals surface area contributed by atoms with Crippen molar-refractivity contribution >= 4 is 32.8 Å². The zero-order chi connectivity index (χ0) is 14.1. The van der Waals surface area contributed by atoms with Crippen LogP contribution >= 0.6 is 15.9 Å². The lowest BCUT2D eigenvalue weighted by Gasteiger charge is -2.09. The molecule has 0 radical (unpaired) electrons. The Morgan fingerprint density at radius 2 is 1.85 bits per heavy atom. The predicted molar refractivity (Wildman–Crippen MR) is 82.3 cm³/mol. The van der Waals surface area contributed by atoms with Crippen molar-refractivity contribution in [3.63, 3.8) is 0 Å². The summed E-state index contributed by atoms with van der Waals surface area (Å²) in [5.74, 6) is -0.346. The fraction of sp³-hybridized carbons (Fsp3) is 0.0625. The summed E-state index contributed by atoms with van der Waals surface area (Å²) < 4.78 is 7.78. The Hall–Kier alpha value is -2.07. The van der Waals surface area contributed by atoms with Gasteiger partial charge in [-0.3, -0.25) is 0 Å². The van der Waals surface area contributed by atoms with Gasteiger partial charge in [0.05, 0.1) is 12.6 Å². The maximum absolute atomic E-state index is 12.0. The molecule has 0 fully saturated rings. The van der Waals surface area contributed by atoms with Crippen LogP contribution in [-0.2, 0) is 4.74 Å². The first-order valence-corrected chi connectivity index (χ1v) is 6.95. The second-order valence-electron chi connectivity index (χ2n) is 4.40. The summed E-state index contributed by atoms with van der Waals surface area (Å²) in [6.45, 7) is 0. The molecule has 20 heavy (non-hydrogen) atoms. The first-order chi connectivity index (χ1) is 9.70. The highest BCUT2D eigenvalue weighted by Crippen LogP contribution is 2.27. The van der Waals surface area contributed by atoms with E-state index in [9.17, 15) is 4.79 Å². The van der Waals surface area contributed by atoms with Crippen LogP contribution in [0.1, 0.15) is 10.5 Å². The van der Waals surface area contributed by atoms with Crippen molar-refractivity contribution < 1.29 is 9.53 Å². The zero-order valence-corrected chi connectivity index (χ0v) is 12.4. The second-order valence-corrected chi connectivity index (χ2v) is 5.31. The molecular formula is C16H12BrNO2. The van der Waals surface area contributed by atoms with Crippen molar-refractivity contribution in [2.45, 2.75) is 0 Å². The van der Waals surface area contributed by atoms with E-state index in [0.717, 1.165) is 21.1 Å². The quantitative estimate of drug-likeness (QED) is 0.660. The monoisotopic (exact) mass is 329 g/mol. The lowest BCUT2D eigenvalue weighted by Crippen LogP contribution is -2.08. The first kappa shape index (κ1) is 12.9. The van der Waals surface area contributed by atoms with E-state index in [2.05, 4.69) is 15.9 Å². The van der Waals surface area contributed by atoms with E-state index in [4.69, 9.17) is 4.74 Å². The van der Waals surface area contributed by atoms with Crippen molar-refractivity contribution in [2.75, 3.05) is 7.11 Å². The number of para-hydroxylation sites is 1. The molecule has 3 aromatic rings. The van der Waals surface area contributed by atoms with Gasteiger partial charge in [-0.1, -0.05) is 34.1 Å². The Morgan fingerprint density at radius 1 is 1.10 bits per heavy atom. The molecule has 1 aromatic heterocycles. The number of ether oxygens (including phenoxy) is 1. The number of nitrogens with zero attached hydrogens (tertiary/aromatic N) is 1. The number of fused-ring (bicyclic) bond motifs is 1. The molecule has 0 aliphatic heterocycles. The molecular weight excluding hydrogens is 318 g/mol. The van der Waals surface area contributed by atoms with E-state index in [1.807, 2.05) is 59.2 Å². The molecule has 0 unspecified atom stereocenters. The largest absolute Gasteiger partial charge is 0.464 e. The van der Waals surface area contributed by atoms with Gasteiger partial charge in [-0.2, -0.15) is 0 Å². The van der Waals surface area contributed by atoms with Crippen LogP contribution in [0.3, 0.4) is 0 Å². The van der Waals surface area contributed by atoms with Gasteiger partial charge in [0, 0.05) is 15.5 Å². The van der Waals surface area contributed by atoms with E-state index in [1.165, 1.54) is 7.11 Å². The van der Waals surface area contributed by atoms with E-state index >= 15 is 0 Å². The maximum atomic E-state index is 12.0. The van der Waals surface area contributed by atoms with Gasteiger partial charge in [0.15, 0.2) is 0 Å². The Bertz CT molecular complexity index is 778. The topological polar surface area (TPSA) is 31.2 Å². The fourth-order valence-corrected chi connectivity index (χ4v) is 2.68. The number of rotatable bonds is 2. The number of esters is 1. The molecule has 3 nitrogen and oxygen atoms in total. The molecule has 0 bridgehead atoms. The van der Waals surface area contributed by atoms with Gasteiger partial charge in [-0.05, 0) is 36.4 Å². The fourth-order valence-electron chi connectivity index (χ4n) is 2.30. The Labute approximate surface area is 124 Å². The van der Waals surface area contributed by atoms with Crippen LogP contribution < -0.4 is 0 Å². The highest BCUT2D eigenvalue weighted by atomic mass is 79.9. The van der Waals surface area contributed by atoms with Crippen LogP contribution in [0.2, 0.25) is 0 Å². The van der Waals surface area contributed by atoms with Gasteiger partial charge in [-0.25, -0.2) is 4.79 Å². The highest BCUT2D eigenvalue weighted by molar-refractivity contribution is 9.10. The molecule has 0 aliphatic carbocycles. The van der Waals surface area contributed by atoms with E-state index in [-0.39, 0.29) is 5.97 Å². The van der Waals surface area contributed by atoms with E-state index in [1.54, 1.807) is 0 Å². The van der Waals surface area contributed by atoms with Gasteiger partial charge < -0.3 is 9.30 Å². The normalized spacial score (nSPS) is 10.7. The molecule has 2 aromatic carbocycles. The number of methoxy groups -OCH3 is 1. The second kappa shape index (κ2) is 5.13. The SMILES string of the molecule is COC(=O)c1cc2cc(Br)ccc2n1-c1ccccc1. The minimum absolute atomic E-state index is 0.346. The van der Waals surface area contributed by atoms with Crippen LogP contribution in [0.5, 0.6) is 0 Å². The van der Waals surface area contributed by atoms with Crippen molar-refractivity contribution in [1.82, 2.24) is 4.57 Å². The van der Waals surface area contributed by atoms with Crippen molar-refractivity contribution in [2.24, 2.45) is 0 Å². The lowest BCUT2D eigenvalue weighted by atomic mass is 10.2. The molecule has 100 valence electrons. The lowest BCUT2D eigenvalue weighted by molar-refractivity contribution is 0.0592. The number of halogens is 1. The van der Waals surface area contributed by atoms with Crippen LogP contribution in [0.15, 0.2) is 59.1 Å². The third-order valence-corrected chi connectivity index (χ3v) is 3.67. The number of benzene rings is 2. The summed E-state index contributed by atoms with van der Waals surface area (Å²) in [6, 6.07) is 17.6. The van der Waals surface area contributed by atoms with Gasteiger partial charge >= 0.3 is 5.97 Å². The third kappa shape index (κ3) is 2.12. The maximum Gasteiger partial charge on any atom is 0.355 e. The third-order valence-electron chi connectivity index (χ3n) is 3.17. The Kier molecular flexibility index (Phi) is 3.32. The van der Waals surface area contributed by atoms with Gasteiger partial charge in [0.25, 0.3) is 0 Å². The van der Waals surface area contributed by atoms with Crippen molar-refractivity contribution in [1.29, 1.82) is 0 Å². The predicted octanol–water partition coefficient (Wildman–Crippen LogP) is 4.18. The molecule has 0 saturated carbocycles. The summed E-state index contributed by atoms with van der Waals surface area (Å²) in [6.07, 6.45) is 0. The van der Waals surface area contributed by atoms with Crippen LogP contribution in [0, 0.1) is 0 Å². The van der Waals surface area contributed by atoms with Gasteiger partial charge in [-0.15, -0.1) is 0 Å². The molecule has 0 spiro atoms. The molecule has 0 N–H and O–H groups in total. The molecule has 0 saturated heterocycles. The van der Waals surface area contributed by atoms with Crippen LogP contribution in [0.4, 0.5) is 0 Å². The average Bonchev–Trinajstić information content (AvgIpc) is 2.85. The summed E-state index contributed by atoms with van der Waals surface area (Å²) in [5.41, 5.74) is 2.43. The zero-order valence-electron chi connectivity index (χ0n) is 10.8. The van der Waals surface area contributed by atoms with Gasteiger partial charge in [0.1, 0.15) is 5.69 Å². The van der Waals surface area contributed by atoms with Crippen LogP contribution in [0.25, 0.3) is 16.6 Å². The standard InChI is InChI=1S/C16H12BrNO2/c1-20-16(19)15-10-11-9-12(17)7-8-14(11)18(15)13-5-3-2-4-6-13/h2-10H,1H3. The molecule has 4 heteroatoms. The highest BCUT2D eigenvalue weighted by Gasteiger charge is 2.17. The summed E-state index contributed by atoms with van der Waals surface area (Å²) in [4.78, 5) is 12.0. The van der Waals surface area contributed by atoms with E-state index < -0.39 is 0 Å². The molecule has 0 atom stereocenters. The number of aromatic nitrogens is 1. The van der Waals surface area contributed by atoms with Crippen molar-refractivity contribution in [3.05, 3.63) is 64.8 Å². The molecule has 1 heterocycles. The van der Waals surface area contributed by atoms with Crippen LogP contribution in [-0.4, -0.2) is 17.6 Å². The minimum atomic E-state index is -0.346. The summed E-state index contributed by atoms with van der Waals surface area (Å²) in [7, 11) is 1.39. The van der Waals surface area contributed by atoms with E-state index in [0.29, 0.717) is 5.69 Å². The number of carbonyl (C=O) groups excluding carboxylic acids is 1. The van der Waals surface area contributed by atoms with Gasteiger partial charge in [0.2, 0.25) is 0 Å². The molecule has 3 rings (SSSR count). The summed E-state index contributed by atoms with van der Waals surface area (Å²) in [5, 5.41) is 0.989. The number of hydrogen-bond acceptors (Lipinski definition) is 2. The average molecular weight is 330 g/mol. The molecule has 0 amide bonds. The first-order valence-electron chi connectivity index (χ1n) is 6.15. The summed E-state index contributed by atoms with van der Waals surface area (Å²) >= 11 is 3.45. The Balaban J connectivity index is 2.34. The minimum Gasteiger partial charge on any atom is -0.464 e. The van der Waals surface area contributed by atoms with Crippen molar-refractivity contribution in [3.8, 4) is 5.69 Å².